The van der Waals surface area contributed by atoms with Gasteiger partial charge in [0.25, 0.3) is 0 Å². The SMILES string of the molecule is CN=C(NCc1ccc(COC(C)C)cc1)NC1CCN(c2cccs2)CC1.I. The number of halogens is 1. The summed E-state index contributed by atoms with van der Waals surface area (Å²) in [6.07, 6.45) is 2.51. The van der Waals surface area contributed by atoms with Crippen LogP contribution < -0.4 is 15.5 Å². The van der Waals surface area contributed by atoms with Crippen LogP contribution in [0.4, 0.5) is 5.00 Å². The van der Waals surface area contributed by atoms with Crippen LogP contribution >= 0.6 is 35.3 Å². The van der Waals surface area contributed by atoms with Gasteiger partial charge in [0, 0.05) is 32.7 Å². The van der Waals surface area contributed by atoms with Crippen LogP contribution in [-0.4, -0.2) is 38.2 Å². The Kier molecular flexibility index (Phi) is 10.2. The molecule has 0 bridgehead atoms. The van der Waals surface area contributed by atoms with Gasteiger partial charge in [0.15, 0.2) is 5.96 Å². The minimum absolute atomic E-state index is 0. The first kappa shape index (κ1) is 24.0. The van der Waals surface area contributed by atoms with Gasteiger partial charge in [-0.05, 0) is 55.3 Å². The number of nitrogens with zero attached hydrogens (tertiary/aromatic N) is 2. The van der Waals surface area contributed by atoms with Crippen molar-refractivity contribution in [1.82, 2.24) is 10.6 Å². The van der Waals surface area contributed by atoms with E-state index in [1.165, 1.54) is 16.1 Å². The van der Waals surface area contributed by atoms with Gasteiger partial charge < -0.3 is 20.3 Å². The van der Waals surface area contributed by atoms with E-state index < -0.39 is 0 Å². The molecule has 0 unspecified atom stereocenters. The maximum atomic E-state index is 5.65. The molecule has 1 aromatic heterocycles. The highest BCUT2D eigenvalue weighted by Crippen LogP contribution is 2.24. The Hall–Kier alpha value is -1.32. The summed E-state index contributed by atoms with van der Waals surface area (Å²) in [7, 11) is 1.84. The molecule has 1 saturated heterocycles. The third kappa shape index (κ3) is 7.79. The summed E-state index contributed by atoms with van der Waals surface area (Å²) in [5.41, 5.74) is 2.45. The molecule has 5 nitrogen and oxygen atoms in total. The molecule has 2 aromatic rings. The minimum atomic E-state index is 0. The highest BCUT2D eigenvalue weighted by Gasteiger charge is 2.20. The summed E-state index contributed by atoms with van der Waals surface area (Å²) in [6, 6.07) is 13.4. The Morgan fingerprint density at radius 1 is 1.17 bits per heavy atom. The highest BCUT2D eigenvalue weighted by atomic mass is 127. The summed E-state index contributed by atoms with van der Waals surface area (Å²) in [4.78, 5) is 6.87. The molecule has 160 valence electrons. The van der Waals surface area contributed by atoms with Crippen molar-refractivity contribution in [1.29, 1.82) is 0 Å². The van der Waals surface area contributed by atoms with E-state index in [4.69, 9.17) is 4.74 Å². The smallest absolute Gasteiger partial charge is 0.191 e. The Morgan fingerprint density at radius 2 is 1.86 bits per heavy atom. The lowest BCUT2D eigenvalue weighted by Gasteiger charge is -2.33. The zero-order valence-electron chi connectivity index (χ0n) is 17.6. The summed E-state index contributed by atoms with van der Waals surface area (Å²) in [5.74, 6) is 0.877. The van der Waals surface area contributed by atoms with Crippen molar-refractivity contribution in [2.24, 2.45) is 4.99 Å². The standard InChI is InChI=1S/C22H32N4OS.HI/c1-17(2)27-16-19-8-6-18(7-9-19)15-24-22(23-3)25-20-10-12-26(13-11-20)21-5-4-14-28-21;/h4-9,14,17,20H,10-13,15-16H2,1-3H3,(H2,23,24,25);1H. The third-order valence-electron chi connectivity index (χ3n) is 4.94. The molecule has 0 saturated carbocycles. The molecular formula is C22H33IN4OS. The number of anilines is 1. The van der Waals surface area contributed by atoms with E-state index in [1.54, 1.807) is 0 Å². The monoisotopic (exact) mass is 528 g/mol. The number of rotatable bonds is 7. The van der Waals surface area contributed by atoms with Crippen LogP contribution in [0.5, 0.6) is 0 Å². The quantitative estimate of drug-likeness (QED) is 0.313. The number of aliphatic imine (C=N–C) groups is 1. The zero-order chi connectivity index (χ0) is 19.8. The predicted octanol–water partition coefficient (Wildman–Crippen LogP) is 4.63. The number of ether oxygens (including phenoxy) is 1. The number of piperidine rings is 1. The minimum Gasteiger partial charge on any atom is -0.374 e. The van der Waals surface area contributed by atoms with Gasteiger partial charge in [-0.3, -0.25) is 4.99 Å². The van der Waals surface area contributed by atoms with E-state index in [0.717, 1.165) is 38.4 Å². The second-order valence-electron chi connectivity index (χ2n) is 7.46. The summed E-state index contributed by atoms with van der Waals surface area (Å²) in [5, 5.41) is 10.5. The van der Waals surface area contributed by atoms with E-state index >= 15 is 0 Å². The maximum absolute atomic E-state index is 5.65. The van der Waals surface area contributed by atoms with Crippen molar-refractivity contribution < 1.29 is 4.74 Å². The molecule has 0 radical (unpaired) electrons. The number of nitrogens with one attached hydrogen (secondary N) is 2. The summed E-state index contributed by atoms with van der Waals surface area (Å²) < 4.78 is 5.65. The lowest BCUT2D eigenvalue weighted by atomic mass is 10.1. The van der Waals surface area contributed by atoms with Crippen LogP contribution in [0.2, 0.25) is 0 Å². The fourth-order valence-electron chi connectivity index (χ4n) is 3.28. The largest absolute Gasteiger partial charge is 0.374 e. The third-order valence-corrected chi connectivity index (χ3v) is 5.87. The van der Waals surface area contributed by atoms with Gasteiger partial charge in [0.1, 0.15) is 0 Å². The van der Waals surface area contributed by atoms with Crippen molar-refractivity contribution >= 4 is 46.3 Å². The van der Waals surface area contributed by atoms with Crippen LogP contribution in [0.1, 0.15) is 37.8 Å². The molecule has 29 heavy (non-hydrogen) atoms. The molecular weight excluding hydrogens is 495 g/mol. The second kappa shape index (κ2) is 12.4. The van der Waals surface area contributed by atoms with Crippen molar-refractivity contribution in [3.05, 3.63) is 52.9 Å². The number of hydrogen-bond acceptors (Lipinski definition) is 4. The van der Waals surface area contributed by atoms with Gasteiger partial charge in [-0.2, -0.15) is 0 Å². The number of benzene rings is 1. The second-order valence-corrected chi connectivity index (χ2v) is 8.39. The average molecular weight is 529 g/mol. The maximum Gasteiger partial charge on any atom is 0.191 e. The molecule has 2 N–H and O–H groups in total. The lowest BCUT2D eigenvalue weighted by molar-refractivity contribution is 0.0657. The van der Waals surface area contributed by atoms with E-state index in [2.05, 4.69) is 76.2 Å². The number of hydrogen-bond donors (Lipinski definition) is 2. The van der Waals surface area contributed by atoms with Crippen LogP contribution in [0.3, 0.4) is 0 Å². The lowest BCUT2D eigenvalue weighted by Crippen LogP contribution is -2.48. The van der Waals surface area contributed by atoms with Crippen LogP contribution in [0.15, 0.2) is 46.8 Å². The van der Waals surface area contributed by atoms with E-state index in [1.807, 2.05) is 18.4 Å². The molecule has 1 aromatic carbocycles. The van der Waals surface area contributed by atoms with E-state index in [9.17, 15) is 0 Å². The first-order valence-electron chi connectivity index (χ1n) is 10.1. The highest BCUT2D eigenvalue weighted by molar-refractivity contribution is 14.0. The predicted molar refractivity (Wildman–Crippen MR) is 135 cm³/mol. The zero-order valence-corrected chi connectivity index (χ0v) is 20.7. The Balaban J connectivity index is 0.00000300. The first-order chi connectivity index (χ1) is 13.6. The summed E-state index contributed by atoms with van der Waals surface area (Å²) in [6.45, 7) is 7.73. The van der Waals surface area contributed by atoms with Gasteiger partial charge >= 0.3 is 0 Å². The molecule has 1 aliphatic heterocycles. The average Bonchev–Trinajstić information content (AvgIpc) is 3.25. The fourth-order valence-corrected chi connectivity index (χ4v) is 4.07. The van der Waals surface area contributed by atoms with Crippen molar-refractivity contribution in [3.63, 3.8) is 0 Å². The molecule has 0 atom stereocenters. The molecule has 0 aliphatic carbocycles. The number of guanidine groups is 1. The normalized spacial score (nSPS) is 15.3. The fraction of sp³-hybridized carbons (Fsp3) is 0.500. The molecule has 0 amide bonds. The molecule has 2 heterocycles. The topological polar surface area (TPSA) is 48.9 Å². The van der Waals surface area contributed by atoms with Crippen molar-refractivity contribution in [3.8, 4) is 0 Å². The van der Waals surface area contributed by atoms with Crippen LogP contribution in [-0.2, 0) is 17.9 Å². The van der Waals surface area contributed by atoms with Crippen molar-refractivity contribution in [2.75, 3.05) is 25.0 Å². The molecule has 1 fully saturated rings. The molecule has 1 aliphatic rings. The Morgan fingerprint density at radius 3 is 2.45 bits per heavy atom. The Labute approximate surface area is 196 Å². The van der Waals surface area contributed by atoms with Gasteiger partial charge in [-0.1, -0.05) is 24.3 Å². The van der Waals surface area contributed by atoms with Crippen LogP contribution in [0.25, 0.3) is 0 Å². The first-order valence-corrected chi connectivity index (χ1v) is 11.0. The van der Waals surface area contributed by atoms with E-state index in [-0.39, 0.29) is 30.1 Å². The van der Waals surface area contributed by atoms with Gasteiger partial charge in [0.05, 0.1) is 17.7 Å². The molecule has 7 heteroatoms. The van der Waals surface area contributed by atoms with Crippen molar-refractivity contribution in [2.45, 2.75) is 52.0 Å². The Bertz CT molecular complexity index is 726. The summed E-state index contributed by atoms with van der Waals surface area (Å²) >= 11 is 1.82. The number of thiophene rings is 1. The molecule has 3 rings (SSSR count). The molecule has 0 spiro atoms. The van der Waals surface area contributed by atoms with Crippen LogP contribution in [0, 0.1) is 0 Å². The van der Waals surface area contributed by atoms with E-state index in [0.29, 0.717) is 12.6 Å². The van der Waals surface area contributed by atoms with Gasteiger partial charge in [-0.25, -0.2) is 0 Å². The van der Waals surface area contributed by atoms with Gasteiger partial charge in [0.2, 0.25) is 0 Å². The van der Waals surface area contributed by atoms with Gasteiger partial charge in [-0.15, -0.1) is 35.3 Å².